The van der Waals surface area contributed by atoms with Crippen LogP contribution in [0.3, 0.4) is 0 Å². The Morgan fingerprint density at radius 3 is 2.88 bits per heavy atom. The van der Waals surface area contributed by atoms with Crippen molar-refractivity contribution in [3.05, 3.63) is 22.7 Å². The quantitative estimate of drug-likeness (QED) is 0.805. The molecule has 0 aromatic carbocycles. The largest absolute Gasteiger partial charge is 0.354 e. The van der Waals surface area contributed by atoms with Crippen LogP contribution in [0.2, 0.25) is 0 Å². The Morgan fingerprint density at radius 2 is 2.29 bits per heavy atom. The smallest absolute Gasteiger partial charge is 0.293 e. The molecule has 1 amide bonds. The van der Waals surface area contributed by atoms with E-state index in [9.17, 15) is 9.59 Å². The lowest BCUT2D eigenvalue weighted by atomic mass is 10.3. The molecule has 1 aromatic rings. The third kappa shape index (κ3) is 3.05. The lowest BCUT2D eigenvalue weighted by molar-refractivity contribution is -0.130. The second-order valence-electron chi connectivity index (χ2n) is 3.91. The van der Waals surface area contributed by atoms with Gasteiger partial charge in [-0.15, -0.1) is 0 Å². The van der Waals surface area contributed by atoms with Crippen molar-refractivity contribution in [3.8, 4) is 0 Å². The highest BCUT2D eigenvalue weighted by Gasteiger charge is 2.17. The number of aryl methyl sites for hydroxylation is 1. The molecule has 0 aliphatic heterocycles. The standard InChI is InChI=1S/C11H18N4O2/c1-5-14(3)10(16)8(2)13-9-11(17)15(4)7-6-12-9/h6-8H,5H2,1-4H3,(H,12,13). The summed E-state index contributed by atoms with van der Waals surface area (Å²) in [7, 11) is 3.36. The second-order valence-corrected chi connectivity index (χ2v) is 3.91. The van der Waals surface area contributed by atoms with E-state index in [2.05, 4.69) is 10.3 Å². The third-order valence-corrected chi connectivity index (χ3v) is 2.59. The van der Waals surface area contributed by atoms with Gasteiger partial charge in [0.05, 0.1) is 0 Å². The molecule has 6 nitrogen and oxygen atoms in total. The molecule has 0 aliphatic rings. The number of carbonyl (C=O) groups is 1. The molecular formula is C11H18N4O2. The molecule has 0 saturated carbocycles. The Kier molecular flexibility index (Phi) is 4.25. The number of amides is 1. The van der Waals surface area contributed by atoms with E-state index in [-0.39, 0.29) is 17.3 Å². The zero-order valence-electron chi connectivity index (χ0n) is 10.6. The first-order chi connectivity index (χ1) is 7.97. The van der Waals surface area contributed by atoms with E-state index in [0.717, 1.165) is 0 Å². The molecule has 94 valence electrons. The topological polar surface area (TPSA) is 67.2 Å². The number of anilines is 1. The molecule has 1 atom stereocenters. The molecule has 1 unspecified atom stereocenters. The van der Waals surface area contributed by atoms with Crippen LogP contribution in [0.1, 0.15) is 13.8 Å². The van der Waals surface area contributed by atoms with Crippen molar-refractivity contribution in [1.82, 2.24) is 14.5 Å². The third-order valence-electron chi connectivity index (χ3n) is 2.59. The van der Waals surface area contributed by atoms with Crippen LogP contribution in [0.15, 0.2) is 17.2 Å². The molecular weight excluding hydrogens is 220 g/mol. The van der Waals surface area contributed by atoms with Gasteiger partial charge in [0.15, 0.2) is 5.82 Å². The van der Waals surface area contributed by atoms with Crippen LogP contribution in [0.25, 0.3) is 0 Å². The first-order valence-electron chi connectivity index (χ1n) is 5.50. The minimum absolute atomic E-state index is 0.0693. The average Bonchev–Trinajstić information content (AvgIpc) is 2.32. The zero-order valence-corrected chi connectivity index (χ0v) is 10.6. The van der Waals surface area contributed by atoms with Crippen LogP contribution < -0.4 is 10.9 Å². The minimum atomic E-state index is -0.470. The van der Waals surface area contributed by atoms with E-state index in [1.165, 1.54) is 10.8 Å². The van der Waals surface area contributed by atoms with E-state index in [4.69, 9.17) is 0 Å². The summed E-state index contributed by atoms with van der Waals surface area (Å²) in [5.74, 6) is 0.126. The molecule has 0 fully saturated rings. The van der Waals surface area contributed by atoms with Gasteiger partial charge in [0, 0.05) is 33.0 Å². The Labute approximate surface area is 100 Å². The van der Waals surface area contributed by atoms with Crippen LogP contribution in [0.5, 0.6) is 0 Å². The number of aromatic nitrogens is 2. The van der Waals surface area contributed by atoms with Crippen molar-refractivity contribution in [1.29, 1.82) is 0 Å². The van der Waals surface area contributed by atoms with Gasteiger partial charge < -0.3 is 14.8 Å². The van der Waals surface area contributed by atoms with Gasteiger partial charge in [0.25, 0.3) is 5.56 Å². The lowest BCUT2D eigenvalue weighted by Crippen LogP contribution is -2.40. The molecule has 0 spiro atoms. The molecule has 1 rings (SSSR count). The fraction of sp³-hybridized carbons (Fsp3) is 0.545. The van der Waals surface area contributed by atoms with Crippen LogP contribution >= 0.6 is 0 Å². The van der Waals surface area contributed by atoms with Gasteiger partial charge in [-0.1, -0.05) is 0 Å². The van der Waals surface area contributed by atoms with Gasteiger partial charge in [-0.3, -0.25) is 9.59 Å². The summed E-state index contributed by atoms with van der Waals surface area (Å²) in [5, 5.41) is 2.83. The minimum Gasteiger partial charge on any atom is -0.354 e. The van der Waals surface area contributed by atoms with Crippen LogP contribution in [0.4, 0.5) is 5.82 Å². The molecule has 1 heterocycles. The number of hydrogen-bond acceptors (Lipinski definition) is 4. The normalized spacial score (nSPS) is 12.0. The highest BCUT2D eigenvalue weighted by molar-refractivity contribution is 5.83. The molecule has 0 bridgehead atoms. The monoisotopic (exact) mass is 238 g/mol. The predicted molar refractivity (Wildman–Crippen MR) is 65.9 cm³/mol. The Balaban J connectivity index is 2.81. The highest BCUT2D eigenvalue weighted by Crippen LogP contribution is 1.99. The SMILES string of the molecule is CCN(C)C(=O)C(C)Nc1nccn(C)c1=O. The average molecular weight is 238 g/mol. The van der Waals surface area contributed by atoms with Gasteiger partial charge >= 0.3 is 0 Å². The number of hydrogen-bond donors (Lipinski definition) is 1. The summed E-state index contributed by atoms with van der Waals surface area (Å²) in [4.78, 5) is 29.0. The Hall–Kier alpha value is -1.85. The fourth-order valence-electron chi connectivity index (χ4n) is 1.35. The number of nitrogens with one attached hydrogen (secondary N) is 1. The molecule has 1 N–H and O–H groups in total. The van der Waals surface area contributed by atoms with Gasteiger partial charge in [0.1, 0.15) is 6.04 Å². The summed E-state index contributed by atoms with van der Waals surface area (Å²) in [6, 6.07) is -0.470. The highest BCUT2D eigenvalue weighted by atomic mass is 16.2. The van der Waals surface area contributed by atoms with Gasteiger partial charge in [-0.25, -0.2) is 4.98 Å². The molecule has 6 heteroatoms. The molecule has 17 heavy (non-hydrogen) atoms. The Bertz CT molecular complexity index is 455. The molecule has 0 radical (unpaired) electrons. The molecule has 0 aliphatic carbocycles. The van der Waals surface area contributed by atoms with E-state index >= 15 is 0 Å². The van der Waals surface area contributed by atoms with Crippen LogP contribution in [-0.2, 0) is 11.8 Å². The molecule has 1 aromatic heterocycles. The van der Waals surface area contributed by atoms with Crippen LogP contribution in [0, 0.1) is 0 Å². The first-order valence-corrected chi connectivity index (χ1v) is 5.50. The maximum Gasteiger partial charge on any atom is 0.293 e. The molecule has 0 saturated heterocycles. The first kappa shape index (κ1) is 13.2. The van der Waals surface area contributed by atoms with Gasteiger partial charge in [0.2, 0.25) is 5.91 Å². The van der Waals surface area contributed by atoms with E-state index in [1.54, 1.807) is 32.1 Å². The number of likely N-dealkylation sites (N-methyl/N-ethyl adjacent to an activating group) is 1. The van der Waals surface area contributed by atoms with Crippen LogP contribution in [-0.4, -0.2) is 40.0 Å². The predicted octanol–water partition coefficient (Wildman–Crippen LogP) is 0.0590. The summed E-state index contributed by atoms with van der Waals surface area (Å²) >= 11 is 0. The van der Waals surface area contributed by atoms with Crippen molar-refractivity contribution in [2.24, 2.45) is 7.05 Å². The van der Waals surface area contributed by atoms with Crippen molar-refractivity contribution < 1.29 is 4.79 Å². The summed E-state index contributed by atoms with van der Waals surface area (Å²) < 4.78 is 1.41. The lowest BCUT2D eigenvalue weighted by Gasteiger charge is -2.20. The van der Waals surface area contributed by atoms with Crippen molar-refractivity contribution in [2.45, 2.75) is 19.9 Å². The number of nitrogens with zero attached hydrogens (tertiary/aromatic N) is 3. The number of carbonyl (C=O) groups excluding carboxylic acids is 1. The van der Waals surface area contributed by atoms with Crippen molar-refractivity contribution >= 4 is 11.7 Å². The number of rotatable bonds is 4. The van der Waals surface area contributed by atoms with E-state index < -0.39 is 6.04 Å². The van der Waals surface area contributed by atoms with Gasteiger partial charge in [-0.2, -0.15) is 0 Å². The summed E-state index contributed by atoms with van der Waals surface area (Å²) in [5.41, 5.74) is -0.244. The van der Waals surface area contributed by atoms with Gasteiger partial charge in [-0.05, 0) is 13.8 Å². The second kappa shape index (κ2) is 5.47. The van der Waals surface area contributed by atoms with E-state index in [0.29, 0.717) is 6.54 Å². The van der Waals surface area contributed by atoms with Crippen molar-refractivity contribution in [2.75, 3.05) is 18.9 Å². The Morgan fingerprint density at radius 1 is 1.65 bits per heavy atom. The maximum atomic E-state index is 11.8. The maximum absolute atomic E-state index is 11.8. The zero-order chi connectivity index (χ0) is 13.0. The summed E-state index contributed by atoms with van der Waals surface area (Å²) in [6.45, 7) is 4.23. The summed E-state index contributed by atoms with van der Waals surface area (Å²) in [6.07, 6.45) is 3.09. The van der Waals surface area contributed by atoms with Crippen molar-refractivity contribution in [3.63, 3.8) is 0 Å². The van der Waals surface area contributed by atoms with E-state index in [1.807, 2.05) is 6.92 Å². The fourth-order valence-corrected chi connectivity index (χ4v) is 1.35.